The Hall–Kier alpha value is -0.520. The SMILES string of the molecule is C#CC1CCN(CCCN)CC1. The van der Waals surface area contributed by atoms with Gasteiger partial charge in [0.25, 0.3) is 0 Å². The van der Waals surface area contributed by atoms with Gasteiger partial charge in [0.15, 0.2) is 0 Å². The van der Waals surface area contributed by atoms with Gasteiger partial charge in [0.2, 0.25) is 0 Å². The molecule has 1 aliphatic rings. The van der Waals surface area contributed by atoms with E-state index in [0.717, 1.165) is 32.6 Å². The summed E-state index contributed by atoms with van der Waals surface area (Å²) in [5, 5.41) is 0. The van der Waals surface area contributed by atoms with E-state index in [0.29, 0.717) is 5.92 Å². The summed E-state index contributed by atoms with van der Waals surface area (Å²) in [6.07, 6.45) is 8.81. The average Bonchev–Trinajstić information content (AvgIpc) is 2.15. The maximum atomic E-state index is 5.44. The van der Waals surface area contributed by atoms with Gasteiger partial charge in [-0.25, -0.2) is 0 Å². The van der Waals surface area contributed by atoms with Crippen molar-refractivity contribution >= 4 is 0 Å². The zero-order valence-electron chi connectivity index (χ0n) is 7.63. The molecule has 1 aliphatic heterocycles. The van der Waals surface area contributed by atoms with Crippen LogP contribution in [-0.2, 0) is 0 Å². The first kappa shape index (κ1) is 9.57. The summed E-state index contributed by atoms with van der Waals surface area (Å²) in [4.78, 5) is 2.46. The van der Waals surface area contributed by atoms with Crippen molar-refractivity contribution in [2.45, 2.75) is 19.3 Å². The lowest BCUT2D eigenvalue weighted by Gasteiger charge is -2.29. The molecule has 1 fully saturated rings. The molecule has 2 N–H and O–H groups in total. The second-order valence-corrected chi connectivity index (χ2v) is 3.42. The molecule has 68 valence electrons. The van der Waals surface area contributed by atoms with E-state index in [9.17, 15) is 0 Å². The number of hydrogen-bond donors (Lipinski definition) is 1. The number of nitrogens with zero attached hydrogens (tertiary/aromatic N) is 1. The van der Waals surface area contributed by atoms with Crippen molar-refractivity contribution in [1.29, 1.82) is 0 Å². The van der Waals surface area contributed by atoms with Gasteiger partial charge in [-0.1, -0.05) is 0 Å². The third-order valence-corrected chi connectivity index (χ3v) is 2.50. The Kier molecular flexibility index (Phi) is 4.13. The molecule has 0 aliphatic carbocycles. The fraction of sp³-hybridized carbons (Fsp3) is 0.800. The third-order valence-electron chi connectivity index (χ3n) is 2.50. The largest absolute Gasteiger partial charge is 0.330 e. The Bertz CT molecular complexity index is 152. The van der Waals surface area contributed by atoms with E-state index in [-0.39, 0.29) is 0 Å². The summed E-state index contributed by atoms with van der Waals surface area (Å²) >= 11 is 0. The highest BCUT2D eigenvalue weighted by atomic mass is 15.1. The van der Waals surface area contributed by atoms with Gasteiger partial charge in [-0.2, -0.15) is 0 Å². The summed E-state index contributed by atoms with van der Waals surface area (Å²) in [6, 6.07) is 0. The molecule has 0 aromatic carbocycles. The number of rotatable bonds is 3. The molecule has 0 spiro atoms. The van der Waals surface area contributed by atoms with Crippen molar-refractivity contribution in [2.24, 2.45) is 11.7 Å². The predicted molar refractivity (Wildman–Crippen MR) is 51.7 cm³/mol. The molecule has 0 aromatic rings. The monoisotopic (exact) mass is 166 g/mol. The average molecular weight is 166 g/mol. The second kappa shape index (κ2) is 5.18. The number of nitrogens with two attached hydrogens (primary N) is 1. The zero-order valence-corrected chi connectivity index (χ0v) is 7.63. The van der Waals surface area contributed by atoms with Crippen molar-refractivity contribution in [3.63, 3.8) is 0 Å². The van der Waals surface area contributed by atoms with E-state index in [1.807, 2.05) is 0 Å². The van der Waals surface area contributed by atoms with Crippen LogP contribution >= 0.6 is 0 Å². The molecule has 1 heterocycles. The molecular formula is C10H18N2. The van der Waals surface area contributed by atoms with Gasteiger partial charge in [0.1, 0.15) is 0 Å². The van der Waals surface area contributed by atoms with Gasteiger partial charge in [-0.3, -0.25) is 0 Å². The number of terminal acetylenes is 1. The van der Waals surface area contributed by atoms with Crippen LogP contribution in [0.4, 0.5) is 0 Å². The maximum absolute atomic E-state index is 5.44. The van der Waals surface area contributed by atoms with Gasteiger partial charge in [-0.15, -0.1) is 12.3 Å². The first-order valence-electron chi connectivity index (χ1n) is 4.75. The summed E-state index contributed by atoms with van der Waals surface area (Å²) < 4.78 is 0. The zero-order chi connectivity index (χ0) is 8.81. The summed E-state index contributed by atoms with van der Waals surface area (Å²) in [7, 11) is 0. The number of likely N-dealkylation sites (tertiary alicyclic amines) is 1. The first-order valence-corrected chi connectivity index (χ1v) is 4.75. The Morgan fingerprint density at radius 3 is 2.58 bits per heavy atom. The van der Waals surface area contributed by atoms with Crippen molar-refractivity contribution in [1.82, 2.24) is 4.90 Å². The molecule has 0 amide bonds. The highest BCUT2D eigenvalue weighted by Gasteiger charge is 2.16. The minimum Gasteiger partial charge on any atom is -0.330 e. The fourth-order valence-corrected chi connectivity index (χ4v) is 1.64. The van der Waals surface area contributed by atoms with Crippen LogP contribution in [-0.4, -0.2) is 31.1 Å². The summed E-state index contributed by atoms with van der Waals surface area (Å²) in [6.45, 7) is 4.27. The highest BCUT2D eigenvalue weighted by Crippen LogP contribution is 2.15. The Morgan fingerprint density at radius 2 is 2.08 bits per heavy atom. The predicted octanol–water partition coefficient (Wildman–Crippen LogP) is 0.680. The molecule has 12 heavy (non-hydrogen) atoms. The fourth-order valence-electron chi connectivity index (χ4n) is 1.64. The van der Waals surface area contributed by atoms with Gasteiger partial charge >= 0.3 is 0 Å². The summed E-state index contributed by atoms with van der Waals surface area (Å²) in [5.74, 6) is 3.36. The first-order chi connectivity index (χ1) is 5.86. The van der Waals surface area contributed by atoms with Crippen LogP contribution in [0.3, 0.4) is 0 Å². The van der Waals surface area contributed by atoms with Crippen LogP contribution in [0.5, 0.6) is 0 Å². The van der Waals surface area contributed by atoms with E-state index in [1.54, 1.807) is 0 Å². The van der Waals surface area contributed by atoms with E-state index in [2.05, 4.69) is 10.8 Å². The van der Waals surface area contributed by atoms with Crippen LogP contribution in [0.1, 0.15) is 19.3 Å². The van der Waals surface area contributed by atoms with Crippen molar-refractivity contribution in [2.75, 3.05) is 26.2 Å². The van der Waals surface area contributed by atoms with Crippen molar-refractivity contribution in [3.05, 3.63) is 0 Å². The molecule has 0 atom stereocenters. The van der Waals surface area contributed by atoms with E-state index >= 15 is 0 Å². The van der Waals surface area contributed by atoms with Crippen LogP contribution in [0.25, 0.3) is 0 Å². The normalized spacial score (nSPS) is 20.7. The van der Waals surface area contributed by atoms with Gasteiger partial charge < -0.3 is 10.6 Å². The highest BCUT2D eigenvalue weighted by molar-refractivity contribution is 4.95. The van der Waals surface area contributed by atoms with E-state index in [4.69, 9.17) is 12.2 Å². The standard InChI is InChI=1S/C10H18N2/c1-2-10-4-8-12(9-5-10)7-3-6-11/h1,10H,3-9,11H2. The molecule has 1 rings (SSSR count). The van der Waals surface area contributed by atoms with Crippen LogP contribution in [0, 0.1) is 18.3 Å². The van der Waals surface area contributed by atoms with E-state index < -0.39 is 0 Å². The molecule has 1 saturated heterocycles. The smallest absolute Gasteiger partial charge is 0.0224 e. The number of piperidine rings is 1. The molecular weight excluding hydrogens is 148 g/mol. The molecule has 2 nitrogen and oxygen atoms in total. The minimum absolute atomic E-state index is 0.527. The Balaban J connectivity index is 2.14. The van der Waals surface area contributed by atoms with Crippen LogP contribution in [0.15, 0.2) is 0 Å². The molecule has 2 heteroatoms. The summed E-state index contributed by atoms with van der Waals surface area (Å²) in [5.41, 5.74) is 5.44. The van der Waals surface area contributed by atoms with Crippen molar-refractivity contribution < 1.29 is 0 Å². The van der Waals surface area contributed by atoms with Gasteiger partial charge in [0.05, 0.1) is 0 Å². The Labute approximate surface area is 75.1 Å². The quantitative estimate of drug-likeness (QED) is 0.625. The number of hydrogen-bond acceptors (Lipinski definition) is 2. The molecule has 0 radical (unpaired) electrons. The maximum Gasteiger partial charge on any atom is 0.0224 e. The van der Waals surface area contributed by atoms with Gasteiger partial charge in [-0.05, 0) is 45.4 Å². The van der Waals surface area contributed by atoms with Crippen LogP contribution in [0.2, 0.25) is 0 Å². The Morgan fingerprint density at radius 1 is 1.42 bits per heavy atom. The van der Waals surface area contributed by atoms with Gasteiger partial charge in [0, 0.05) is 5.92 Å². The molecule has 0 unspecified atom stereocenters. The van der Waals surface area contributed by atoms with E-state index in [1.165, 1.54) is 12.8 Å². The van der Waals surface area contributed by atoms with Crippen LogP contribution < -0.4 is 5.73 Å². The second-order valence-electron chi connectivity index (χ2n) is 3.42. The molecule has 0 aromatic heterocycles. The topological polar surface area (TPSA) is 29.3 Å². The van der Waals surface area contributed by atoms with Crippen molar-refractivity contribution in [3.8, 4) is 12.3 Å². The molecule has 0 saturated carbocycles. The lowest BCUT2D eigenvalue weighted by Crippen LogP contribution is -2.34. The lowest BCUT2D eigenvalue weighted by atomic mass is 9.98. The molecule has 0 bridgehead atoms. The third kappa shape index (κ3) is 2.84. The minimum atomic E-state index is 0.527. The lowest BCUT2D eigenvalue weighted by molar-refractivity contribution is 0.205.